The second kappa shape index (κ2) is 22.2. The van der Waals surface area contributed by atoms with E-state index in [0.717, 1.165) is 18.8 Å². The van der Waals surface area contributed by atoms with Gasteiger partial charge in [-0.3, -0.25) is 4.39 Å². The maximum absolute atomic E-state index is 11.8. The third-order valence-corrected chi connectivity index (χ3v) is 3.85. The molecule has 0 spiro atoms. The van der Waals surface area contributed by atoms with Gasteiger partial charge in [0.15, 0.2) is 0 Å². The second-order valence-electron chi connectivity index (χ2n) is 6.76. The third-order valence-electron chi connectivity index (χ3n) is 3.85. The molecule has 0 aliphatic heterocycles. The average molecular weight is 303 g/mol. The maximum atomic E-state index is 11.8. The predicted octanol–water partition coefficient (Wildman–Crippen LogP) is 8.10. The minimum Gasteiger partial charge on any atom is -0.251 e. The highest BCUT2D eigenvalue weighted by molar-refractivity contribution is 4.48. The van der Waals surface area contributed by atoms with E-state index >= 15 is 0 Å². The zero-order valence-electron chi connectivity index (χ0n) is 15.6. The highest BCUT2D eigenvalue weighted by Crippen LogP contribution is 2.11. The molecular formula is C20H43F. The zero-order chi connectivity index (χ0) is 16.2. The summed E-state index contributed by atoms with van der Waals surface area (Å²) in [5.41, 5.74) is 0. The Kier molecular flexibility index (Phi) is 24.5. The van der Waals surface area contributed by atoms with Crippen molar-refractivity contribution in [3.05, 3.63) is 0 Å². The summed E-state index contributed by atoms with van der Waals surface area (Å²) in [7, 11) is 0. The molecule has 0 aliphatic rings. The number of halogens is 1. The van der Waals surface area contributed by atoms with E-state index in [9.17, 15) is 4.39 Å². The molecule has 1 heteroatoms. The van der Waals surface area contributed by atoms with Gasteiger partial charge < -0.3 is 0 Å². The summed E-state index contributed by atoms with van der Waals surface area (Å²) in [6.45, 7) is 8.86. The van der Waals surface area contributed by atoms with Gasteiger partial charge in [0.2, 0.25) is 0 Å². The summed E-state index contributed by atoms with van der Waals surface area (Å²) in [5, 5.41) is 0. The van der Waals surface area contributed by atoms with Gasteiger partial charge in [-0.05, 0) is 12.3 Å². The van der Waals surface area contributed by atoms with Gasteiger partial charge in [-0.15, -0.1) is 0 Å². The zero-order valence-corrected chi connectivity index (χ0v) is 15.6. The van der Waals surface area contributed by atoms with Gasteiger partial charge in [-0.2, -0.15) is 0 Å². The molecule has 0 aromatic carbocycles. The molecule has 0 nitrogen and oxygen atoms in total. The van der Waals surface area contributed by atoms with Crippen LogP contribution in [0.4, 0.5) is 4.39 Å². The minimum absolute atomic E-state index is 0.128. The van der Waals surface area contributed by atoms with E-state index in [4.69, 9.17) is 0 Å². The Balaban J connectivity index is 0. The fraction of sp³-hybridized carbons (Fsp3) is 1.00. The molecule has 0 heterocycles. The predicted molar refractivity (Wildman–Crippen MR) is 96.8 cm³/mol. The van der Waals surface area contributed by atoms with E-state index in [1.165, 1.54) is 77.0 Å². The van der Waals surface area contributed by atoms with Crippen molar-refractivity contribution in [2.45, 2.75) is 118 Å². The first-order valence-electron chi connectivity index (χ1n) is 9.74. The first kappa shape index (κ1) is 23.2. The normalized spacial score (nSPS) is 10.6. The van der Waals surface area contributed by atoms with Crippen molar-refractivity contribution >= 4 is 0 Å². The van der Waals surface area contributed by atoms with Crippen LogP contribution in [0.5, 0.6) is 0 Å². The van der Waals surface area contributed by atoms with Gasteiger partial charge in [0.05, 0.1) is 6.67 Å². The van der Waals surface area contributed by atoms with Gasteiger partial charge in [-0.25, -0.2) is 0 Å². The van der Waals surface area contributed by atoms with Crippen molar-refractivity contribution in [3.63, 3.8) is 0 Å². The number of rotatable bonds is 14. The van der Waals surface area contributed by atoms with Gasteiger partial charge >= 0.3 is 0 Å². The lowest BCUT2D eigenvalue weighted by molar-refractivity contribution is 0.448. The van der Waals surface area contributed by atoms with Crippen molar-refractivity contribution in [1.29, 1.82) is 0 Å². The topological polar surface area (TPSA) is 0 Å². The molecule has 0 saturated carbocycles. The van der Waals surface area contributed by atoms with E-state index in [1.54, 1.807) is 0 Å². The molecule has 0 aromatic rings. The second-order valence-corrected chi connectivity index (χ2v) is 6.76. The molecular weight excluding hydrogens is 259 g/mol. The van der Waals surface area contributed by atoms with Crippen LogP contribution in [0.1, 0.15) is 118 Å². The Bertz CT molecular complexity index is 142. The summed E-state index contributed by atoms with van der Waals surface area (Å²) in [4.78, 5) is 0. The SMILES string of the molecule is CCCC(C)C.CCCCCCCCCCCCCCF. The first-order valence-corrected chi connectivity index (χ1v) is 9.74. The molecule has 0 N–H and O–H groups in total. The standard InChI is InChI=1S/C14H29F.C6H14/c1-2-3-4-5-6-7-8-9-10-11-12-13-14-15;1-4-5-6(2)3/h2-14H2,1H3;6H,4-5H2,1-3H3. The highest BCUT2D eigenvalue weighted by atomic mass is 19.1. The quantitative estimate of drug-likeness (QED) is 0.284. The fourth-order valence-electron chi connectivity index (χ4n) is 2.51. The van der Waals surface area contributed by atoms with E-state index in [-0.39, 0.29) is 6.67 Å². The van der Waals surface area contributed by atoms with E-state index in [2.05, 4.69) is 27.7 Å². The number of hydrogen-bond donors (Lipinski definition) is 0. The molecule has 0 amide bonds. The Morgan fingerprint density at radius 1 is 0.571 bits per heavy atom. The maximum Gasteiger partial charge on any atom is 0.0894 e. The summed E-state index contributed by atoms with van der Waals surface area (Å²) in [6, 6.07) is 0. The van der Waals surface area contributed by atoms with Crippen molar-refractivity contribution in [3.8, 4) is 0 Å². The van der Waals surface area contributed by atoms with Crippen molar-refractivity contribution in [1.82, 2.24) is 0 Å². The molecule has 0 saturated heterocycles. The van der Waals surface area contributed by atoms with E-state index in [0.29, 0.717) is 0 Å². The average Bonchev–Trinajstić information content (AvgIpc) is 2.45. The Labute approximate surface area is 135 Å². The molecule has 0 rings (SSSR count). The van der Waals surface area contributed by atoms with Crippen LogP contribution in [0.2, 0.25) is 0 Å². The Morgan fingerprint density at radius 2 is 0.952 bits per heavy atom. The monoisotopic (exact) mass is 302 g/mol. The highest BCUT2D eigenvalue weighted by Gasteiger charge is 1.92. The lowest BCUT2D eigenvalue weighted by atomic mass is 10.1. The van der Waals surface area contributed by atoms with Crippen molar-refractivity contribution in [2.24, 2.45) is 5.92 Å². The fourth-order valence-corrected chi connectivity index (χ4v) is 2.51. The van der Waals surface area contributed by atoms with Crippen LogP contribution in [0.25, 0.3) is 0 Å². The molecule has 21 heavy (non-hydrogen) atoms. The van der Waals surface area contributed by atoms with Crippen LogP contribution in [-0.4, -0.2) is 6.67 Å². The Hall–Kier alpha value is -0.0700. The summed E-state index contributed by atoms with van der Waals surface area (Å²) in [5.74, 6) is 0.898. The molecule has 0 bridgehead atoms. The minimum atomic E-state index is -0.128. The molecule has 0 aliphatic carbocycles. The number of hydrogen-bond acceptors (Lipinski definition) is 0. The van der Waals surface area contributed by atoms with Crippen LogP contribution >= 0.6 is 0 Å². The van der Waals surface area contributed by atoms with E-state index < -0.39 is 0 Å². The van der Waals surface area contributed by atoms with Crippen LogP contribution in [0, 0.1) is 5.92 Å². The third kappa shape index (κ3) is 28.7. The molecule has 0 unspecified atom stereocenters. The molecule has 0 atom stereocenters. The first-order chi connectivity index (χ1) is 10.2. The molecule has 0 radical (unpaired) electrons. The van der Waals surface area contributed by atoms with Crippen LogP contribution in [-0.2, 0) is 0 Å². The van der Waals surface area contributed by atoms with Crippen LogP contribution < -0.4 is 0 Å². The van der Waals surface area contributed by atoms with Crippen molar-refractivity contribution < 1.29 is 4.39 Å². The lowest BCUT2D eigenvalue weighted by Gasteiger charge is -2.01. The van der Waals surface area contributed by atoms with Gasteiger partial charge in [0.25, 0.3) is 0 Å². The van der Waals surface area contributed by atoms with Gasteiger partial charge in [-0.1, -0.05) is 111 Å². The van der Waals surface area contributed by atoms with Crippen LogP contribution in [0.3, 0.4) is 0 Å². The lowest BCUT2D eigenvalue weighted by Crippen LogP contribution is -1.83. The van der Waals surface area contributed by atoms with E-state index in [1.807, 2.05) is 0 Å². The van der Waals surface area contributed by atoms with Crippen molar-refractivity contribution in [2.75, 3.05) is 6.67 Å². The van der Waals surface area contributed by atoms with Gasteiger partial charge in [0.1, 0.15) is 0 Å². The summed E-state index contributed by atoms with van der Waals surface area (Å²) >= 11 is 0. The number of alkyl halides is 1. The molecule has 0 fully saturated rings. The Morgan fingerprint density at radius 3 is 1.19 bits per heavy atom. The molecule has 130 valence electrons. The smallest absolute Gasteiger partial charge is 0.0894 e. The number of unbranched alkanes of at least 4 members (excludes halogenated alkanes) is 11. The summed E-state index contributed by atoms with van der Waals surface area (Å²) < 4.78 is 11.8. The largest absolute Gasteiger partial charge is 0.251 e. The molecule has 0 aromatic heterocycles. The summed E-state index contributed by atoms with van der Waals surface area (Å²) in [6.07, 6.45) is 18.3. The van der Waals surface area contributed by atoms with Crippen LogP contribution in [0.15, 0.2) is 0 Å². The van der Waals surface area contributed by atoms with Gasteiger partial charge in [0, 0.05) is 0 Å².